The van der Waals surface area contributed by atoms with E-state index in [4.69, 9.17) is 14.2 Å². The van der Waals surface area contributed by atoms with E-state index in [0.717, 1.165) is 41.3 Å². The lowest BCUT2D eigenvalue weighted by molar-refractivity contribution is 0.173. The standard InChI is InChI=1S/C17H16BrNO3/c18-13-7-11(8-16-17(13)22-10-21-16)9-19-14-5-6-20-15-4-2-1-3-12(14)15/h1-4,7-8,14,19H,5-6,9-10H2/t14-/m1/s1. The highest BCUT2D eigenvalue weighted by Crippen LogP contribution is 2.40. The van der Waals surface area contributed by atoms with Gasteiger partial charge in [-0.2, -0.15) is 0 Å². The van der Waals surface area contributed by atoms with Crippen molar-refractivity contribution in [3.8, 4) is 17.2 Å². The van der Waals surface area contributed by atoms with E-state index in [1.165, 1.54) is 11.1 Å². The van der Waals surface area contributed by atoms with Crippen LogP contribution in [0, 0.1) is 0 Å². The second kappa shape index (κ2) is 5.82. The summed E-state index contributed by atoms with van der Waals surface area (Å²) in [6.07, 6.45) is 0.975. The zero-order valence-corrected chi connectivity index (χ0v) is 13.6. The van der Waals surface area contributed by atoms with Gasteiger partial charge >= 0.3 is 0 Å². The van der Waals surface area contributed by atoms with Crippen molar-refractivity contribution in [1.82, 2.24) is 5.32 Å². The molecule has 2 heterocycles. The quantitative estimate of drug-likeness (QED) is 0.902. The Balaban J connectivity index is 1.51. The van der Waals surface area contributed by atoms with Gasteiger partial charge in [0, 0.05) is 24.6 Å². The molecular formula is C17H16BrNO3. The first-order valence-corrected chi connectivity index (χ1v) is 8.14. The van der Waals surface area contributed by atoms with Crippen LogP contribution in [-0.4, -0.2) is 13.4 Å². The monoisotopic (exact) mass is 361 g/mol. The first-order valence-electron chi connectivity index (χ1n) is 7.34. The van der Waals surface area contributed by atoms with Gasteiger partial charge in [0.1, 0.15) is 5.75 Å². The van der Waals surface area contributed by atoms with Gasteiger partial charge in [-0.25, -0.2) is 0 Å². The summed E-state index contributed by atoms with van der Waals surface area (Å²) in [6.45, 7) is 1.81. The molecule has 2 aromatic rings. The van der Waals surface area contributed by atoms with Crippen LogP contribution >= 0.6 is 15.9 Å². The summed E-state index contributed by atoms with van der Waals surface area (Å²) in [7, 11) is 0. The third kappa shape index (κ3) is 2.55. The molecule has 0 spiro atoms. The van der Waals surface area contributed by atoms with Crippen LogP contribution in [0.1, 0.15) is 23.6 Å². The smallest absolute Gasteiger partial charge is 0.231 e. The van der Waals surface area contributed by atoms with Crippen LogP contribution < -0.4 is 19.5 Å². The molecule has 22 heavy (non-hydrogen) atoms. The van der Waals surface area contributed by atoms with Crippen molar-refractivity contribution in [2.45, 2.75) is 19.0 Å². The third-order valence-electron chi connectivity index (χ3n) is 4.00. The number of fused-ring (bicyclic) bond motifs is 2. The zero-order valence-electron chi connectivity index (χ0n) is 12.0. The molecule has 2 aromatic carbocycles. The number of halogens is 1. The Hall–Kier alpha value is -1.72. The van der Waals surface area contributed by atoms with Crippen molar-refractivity contribution in [1.29, 1.82) is 0 Å². The second-order valence-corrected chi connectivity index (χ2v) is 6.27. The van der Waals surface area contributed by atoms with Crippen molar-refractivity contribution >= 4 is 15.9 Å². The van der Waals surface area contributed by atoms with Crippen LogP contribution in [0.4, 0.5) is 0 Å². The molecule has 0 aliphatic carbocycles. The Labute approximate surface area is 137 Å². The number of hydrogen-bond donors (Lipinski definition) is 1. The fourth-order valence-corrected chi connectivity index (χ4v) is 3.52. The maximum atomic E-state index is 5.70. The summed E-state index contributed by atoms with van der Waals surface area (Å²) in [6, 6.07) is 12.6. The Morgan fingerprint density at radius 2 is 2.00 bits per heavy atom. The van der Waals surface area contributed by atoms with E-state index in [-0.39, 0.29) is 6.79 Å². The lowest BCUT2D eigenvalue weighted by Crippen LogP contribution is -2.26. The predicted molar refractivity (Wildman–Crippen MR) is 86.4 cm³/mol. The van der Waals surface area contributed by atoms with Gasteiger partial charge in [-0.1, -0.05) is 18.2 Å². The minimum atomic E-state index is 0.290. The first-order chi connectivity index (χ1) is 10.8. The van der Waals surface area contributed by atoms with E-state index in [1.807, 2.05) is 18.2 Å². The molecule has 1 N–H and O–H groups in total. The highest BCUT2D eigenvalue weighted by Gasteiger charge is 2.22. The molecule has 1 atom stereocenters. The van der Waals surface area contributed by atoms with Crippen molar-refractivity contribution in [3.63, 3.8) is 0 Å². The fraction of sp³-hybridized carbons (Fsp3) is 0.294. The Kier molecular flexibility index (Phi) is 3.68. The molecule has 5 heteroatoms. The molecule has 0 bridgehead atoms. The van der Waals surface area contributed by atoms with Gasteiger partial charge in [-0.05, 0) is 39.7 Å². The number of nitrogens with one attached hydrogen (secondary N) is 1. The minimum absolute atomic E-state index is 0.290. The molecule has 0 aromatic heterocycles. The molecule has 2 aliphatic heterocycles. The Bertz CT molecular complexity index is 704. The minimum Gasteiger partial charge on any atom is -0.493 e. The lowest BCUT2D eigenvalue weighted by atomic mass is 10.0. The molecule has 0 unspecified atom stereocenters. The molecule has 4 rings (SSSR count). The van der Waals surface area contributed by atoms with Gasteiger partial charge in [-0.15, -0.1) is 0 Å². The average Bonchev–Trinajstić information content (AvgIpc) is 3.02. The van der Waals surface area contributed by atoms with Gasteiger partial charge < -0.3 is 19.5 Å². The largest absolute Gasteiger partial charge is 0.493 e. The molecule has 0 amide bonds. The van der Waals surface area contributed by atoms with Crippen molar-refractivity contribution in [2.24, 2.45) is 0 Å². The predicted octanol–water partition coefficient (Wildman–Crippen LogP) is 3.79. The van der Waals surface area contributed by atoms with Crippen LogP contribution in [0.15, 0.2) is 40.9 Å². The number of rotatable bonds is 3. The summed E-state index contributed by atoms with van der Waals surface area (Å²) in [5.74, 6) is 2.58. The highest BCUT2D eigenvalue weighted by molar-refractivity contribution is 9.10. The molecule has 0 saturated heterocycles. The highest BCUT2D eigenvalue weighted by atomic mass is 79.9. The summed E-state index contributed by atoms with van der Waals surface area (Å²) < 4.78 is 17.5. The molecule has 4 nitrogen and oxygen atoms in total. The van der Waals surface area contributed by atoms with E-state index in [9.17, 15) is 0 Å². The van der Waals surface area contributed by atoms with E-state index in [0.29, 0.717) is 6.04 Å². The summed E-state index contributed by atoms with van der Waals surface area (Å²) in [5.41, 5.74) is 2.40. The van der Waals surface area contributed by atoms with Gasteiger partial charge in [0.25, 0.3) is 0 Å². The first kappa shape index (κ1) is 13.9. The van der Waals surface area contributed by atoms with E-state index >= 15 is 0 Å². The molecule has 0 radical (unpaired) electrons. The van der Waals surface area contributed by atoms with Gasteiger partial charge in [-0.3, -0.25) is 0 Å². The van der Waals surface area contributed by atoms with Crippen LogP contribution in [0.25, 0.3) is 0 Å². The third-order valence-corrected chi connectivity index (χ3v) is 4.59. The van der Waals surface area contributed by atoms with Crippen molar-refractivity contribution in [3.05, 3.63) is 52.0 Å². The SMILES string of the molecule is Brc1cc(CN[C@@H]2CCOc3ccccc32)cc2c1OCO2. The Morgan fingerprint density at radius 3 is 2.95 bits per heavy atom. The molecule has 0 fully saturated rings. The van der Waals surface area contributed by atoms with Crippen molar-refractivity contribution in [2.75, 3.05) is 13.4 Å². The number of benzene rings is 2. The van der Waals surface area contributed by atoms with E-state index in [2.05, 4.69) is 39.4 Å². The number of para-hydroxylation sites is 1. The number of hydrogen-bond acceptors (Lipinski definition) is 4. The van der Waals surface area contributed by atoms with Crippen LogP contribution in [-0.2, 0) is 6.54 Å². The van der Waals surface area contributed by atoms with Crippen molar-refractivity contribution < 1.29 is 14.2 Å². The molecule has 0 saturated carbocycles. The molecule has 114 valence electrons. The lowest BCUT2D eigenvalue weighted by Gasteiger charge is -2.26. The van der Waals surface area contributed by atoms with E-state index < -0.39 is 0 Å². The number of ether oxygens (including phenoxy) is 3. The topological polar surface area (TPSA) is 39.7 Å². The summed E-state index contributed by atoms with van der Waals surface area (Å²) >= 11 is 3.54. The molecular weight excluding hydrogens is 346 g/mol. The van der Waals surface area contributed by atoms with Crippen LogP contribution in [0.3, 0.4) is 0 Å². The fourth-order valence-electron chi connectivity index (χ4n) is 2.92. The maximum Gasteiger partial charge on any atom is 0.231 e. The van der Waals surface area contributed by atoms with E-state index in [1.54, 1.807) is 0 Å². The maximum absolute atomic E-state index is 5.70. The zero-order chi connectivity index (χ0) is 14.9. The molecule has 2 aliphatic rings. The van der Waals surface area contributed by atoms with Gasteiger partial charge in [0.15, 0.2) is 11.5 Å². The second-order valence-electron chi connectivity index (χ2n) is 5.42. The summed E-state index contributed by atoms with van der Waals surface area (Å²) in [5, 5.41) is 3.62. The normalized spacial score (nSPS) is 18.7. The van der Waals surface area contributed by atoms with Gasteiger partial charge in [0.05, 0.1) is 11.1 Å². The van der Waals surface area contributed by atoms with Crippen LogP contribution in [0.5, 0.6) is 17.2 Å². The van der Waals surface area contributed by atoms with Crippen LogP contribution in [0.2, 0.25) is 0 Å². The Morgan fingerprint density at radius 1 is 1.09 bits per heavy atom. The summed E-state index contributed by atoms with van der Waals surface area (Å²) in [4.78, 5) is 0. The average molecular weight is 362 g/mol. The van der Waals surface area contributed by atoms with Gasteiger partial charge in [0.2, 0.25) is 6.79 Å².